The standard InChI is InChI=1S/C26H37N7O4/c1-7-14-28-23-19(16-30-24(32-23)31-20-12-13-22(36-6)29-17-20)11-9-8-10-15-27-21(34)18-33(5)25(35)37-26(2,3)4/h12-13,16-17H,7-8,10,14-15,18H2,1-6H3,(H,27,34)(H2,28,30,31,32). The van der Waals surface area contributed by atoms with Gasteiger partial charge in [-0.15, -0.1) is 0 Å². The van der Waals surface area contributed by atoms with Crippen molar-refractivity contribution < 1.29 is 19.1 Å². The zero-order valence-electron chi connectivity index (χ0n) is 22.5. The molecule has 37 heavy (non-hydrogen) atoms. The molecule has 0 fully saturated rings. The number of methoxy groups -OCH3 is 1. The highest BCUT2D eigenvalue weighted by molar-refractivity contribution is 5.82. The molecule has 2 amide bonds. The van der Waals surface area contributed by atoms with Crippen LogP contribution in [-0.2, 0) is 9.53 Å². The van der Waals surface area contributed by atoms with E-state index in [1.54, 1.807) is 46.3 Å². The molecule has 2 rings (SSSR count). The first kappa shape index (κ1) is 29.2. The molecule has 0 saturated heterocycles. The summed E-state index contributed by atoms with van der Waals surface area (Å²) in [4.78, 5) is 38.4. The molecule has 2 aromatic rings. The summed E-state index contributed by atoms with van der Waals surface area (Å²) in [5, 5.41) is 9.20. The first-order valence-electron chi connectivity index (χ1n) is 12.2. The van der Waals surface area contributed by atoms with Crippen molar-refractivity contribution in [2.45, 2.75) is 52.6 Å². The number of nitrogens with zero attached hydrogens (tertiary/aromatic N) is 4. The Labute approximate surface area is 218 Å². The van der Waals surface area contributed by atoms with Gasteiger partial charge in [-0.1, -0.05) is 18.8 Å². The third-order valence-corrected chi connectivity index (χ3v) is 4.64. The van der Waals surface area contributed by atoms with Gasteiger partial charge in [0.05, 0.1) is 30.8 Å². The monoisotopic (exact) mass is 511 g/mol. The number of hydrogen-bond acceptors (Lipinski definition) is 9. The van der Waals surface area contributed by atoms with Gasteiger partial charge in [-0.05, 0) is 39.7 Å². The van der Waals surface area contributed by atoms with E-state index in [2.05, 4.69) is 49.7 Å². The number of pyridine rings is 1. The Kier molecular flexibility index (Phi) is 11.4. The van der Waals surface area contributed by atoms with E-state index in [-0.39, 0.29) is 12.5 Å². The van der Waals surface area contributed by atoms with Crippen LogP contribution >= 0.6 is 0 Å². The van der Waals surface area contributed by atoms with Crippen LogP contribution in [0.15, 0.2) is 24.5 Å². The minimum Gasteiger partial charge on any atom is -0.481 e. The second kappa shape index (κ2) is 14.5. The number of nitrogens with one attached hydrogen (secondary N) is 3. The van der Waals surface area contributed by atoms with Crippen LogP contribution in [0.2, 0.25) is 0 Å². The number of carbonyl (C=O) groups is 2. The Morgan fingerprint density at radius 3 is 2.57 bits per heavy atom. The zero-order chi connectivity index (χ0) is 27.3. The minimum absolute atomic E-state index is 0.0721. The van der Waals surface area contributed by atoms with Crippen molar-refractivity contribution in [3.63, 3.8) is 0 Å². The number of ether oxygens (including phenoxy) is 2. The van der Waals surface area contributed by atoms with E-state index in [9.17, 15) is 9.59 Å². The summed E-state index contributed by atoms with van der Waals surface area (Å²) in [6.07, 6.45) is 4.95. The van der Waals surface area contributed by atoms with Crippen molar-refractivity contribution in [3.8, 4) is 17.7 Å². The van der Waals surface area contributed by atoms with Crippen LogP contribution in [0.4, 0.5) is 22.2 Å². The maximum atomic E-state index is 12.1. The Morgan fingerprint density at radius 1 is 1.14 bits per heavy atom. The fourth-order valence-corrected chi connectivity index (χ4v) is 2.85. The third-order valence-electron chi connectivity index (χ3n) is 4.64. The topological polar surface area (TPSA) is 131 Å². The van der Waals surface area contributed by atoms with Gasteiger partial charge in [0.2, 0.25) is 17.7 Å². The Bertz CT molecular complexity index is 1090. The van der Waals surface area contributed by atoms with E-state index in [0.29, 0.717) is 42.6 Å². The lowest BCUT2D eigenvalue weighted by Crippen LogP contribution is -2.41. The predicted octanol–water partition coefficient (Wildman–Crippen LogP) is 3.56. The van der Waals surface area contributed by atoms with Gasteiger partial charge in [-0.3, -0.25) is 4.79 Å². The molecule has 2 heterocycles. The SMILES string of the molecule is CCCNc1nc(Nc2ccc(OC)nc2)ncc1C#CCCCNC(=O)CN(C)C(=O)OC(C)(C)C. The van der Waals surface area contributed by atoms with E-state index < -0.39 is 11.7 Å². The van der Waals surface area contributed by atoms with Crippen LogP contribution in [0, 0.1) is 11.8 Å². The maximum Gasteiger partial charge on any atom is 0.410 e. The van der Waals surface area contributed by atoms with Gasteiger partial charge in [0.15, 0.2) is 0 Å². The normalized spacial score (nSPS) is 10.5. The van der Waals surface area contributed by atoms with Crippen molar-refractivity contribution in [2.24, 2.45) is 0 Å². The fourth-order valence-electron chi connectivity index (χ4n) is 2.85. The minimum atomic E-state index is -0.609. The number of aromatic nitrogens is 3. The largest absolute Gasteiger partial charge is 0.481 e. The molecule has 0 atom stereocenters. The second-order valence-electron chi connectivity index (χ2n) is 9.19. The Hall–Kier alpha value is -4.07. The molecule has 11 nitrogen and oxygen atoms in total. The van der Waals surface area contributed by atoms with Gasteiger partial charge in [-0.25, -0.2) is 14.8 Å². The highest BCUT2D eigenvalue weighted by Crippen LogP contribution is 2.18. The molecule has 200 valence electrons. The van der Waals surface area contributed by atoms with E-state index in [1.165, 1.54) is 11.9 Å². The van der Waals surface area contributed by atoms with Gasteiger partial charge < -0.3 is 30.3 Å². The van der Waals surface area contributed by atoms with Crippen LogP contribution in [0.3, 0.4) is 0 Å². The number of hydrogen-bond donors (Lipinski definition) is 3. The Morgan fingerprint density at radius 2 is 1.92 bits per heavy atom. The first-order chi connectivity index (χ1) is 17.6. The molecule has 0 unspecified atom stereocenters. The van der Waals surface area contributed by atoms with Crippen molar-refractivity contribution in [2.75, 3.05) is 44.4 Å². The average Bonchev–Trinajstić information content (AvgIpc) is 2.85. The fraction of sp³-hybridized carbons (Fsp3) is 0.500. The van der Waals surface area contributed by atoms with Crippen LogP contribution in [0.1, 0.15) is 52.5 Å². The molecule has 0 saturated carbocycles. The van der Waals surface area contributed by atoms with Crippen molar-refractivity contribution in [1.29, 1.82) is 0 Å². The van der Waals surface area contributed by atoms with E-state index in [4.69, 9.17) is 9.47 Å². The number of anilines is 3. The molecule has 0 aliphatic rings. The number of amides is 2. The predicted molar refractivity (Wildman–Crippen MR) is 143 cm³/mol. The quantitative estimate of drug-likeness (QED) is 0.306. The van der Waals surface area contributed by atoms with Crippen LogP contribution in [-0.4, -0.2) is 71.2 Å². The summed E-state index contributed by atoms with van der Waals surface area (Å²) >= 11 is 0. The molecule has 0 aromatic carbocycles. The highest BCUT2D eigenvalue weighted by atomic mass is 16.6. The molecule has 0 aliphatic carbocycles. The molecule has 0 aliphatic heterocycles. The summed E-state index contributed by atoms with van der Waals surface area (Å²) in [5.74, 6) is 7.56. The van der Waals surface area contributed by atoms with E-state index in [1.807, 2.05) is 6.07 Å². The van der Waals surface area contributed by atoms with Gasteiger partial charge >= 0.3 is 6.09 Å². The van der Waals surface area contributed by atoms with Gasteiger partial charge in [0.25, 0.3) is 0 Å². The molecule has 0 spiro atoms. The van der Waals surface area contributed by atoms with E-state index in [0.717, 1.165) is 18.7 Å². The zero-order valence-corrected chi connectivity index (χ0v) is 22.5. The molecular formula is C26H37N7O4. The van der Waals surface area contributed by atoms with Crippen molar-refractivity contribution >= 4 is 29.5 Å². The second-order valence-corrected chi connectivity index (χ2v) is 9.19. The van der Waals surface area contributed by atoms with Gasteiger partial charge in [0, 0.05) is 32.6 Å². The molecule has 2 aromatic heterocycles. The maximum absolute atomic E-state index is 12.1. The number of rotatable bonds is 11. The molecule has 0 bridgehead atoms. The van der Waals surface area contributed by atoms with E-state index >= 15 is 0 Å². The molecule has 11 heteroatoms. The first-order valence-corrected chi connectivity index (χ1v) is 12.2. The lowest BCUT2D eigenvalue weighted by atomic mass is 10.2. The molecule has 3 N–H and O–H groups in total. The summed E-state index contributed by atoms with van der Waals surface area (Å²) in [5.41, 5.74) is 0.817. The highest BCUT2D eigenvalue weighted by Gasteiger charge is 2.20. The number of likely N-dealkylation sites (N-methyl/N-ethyl adjacent to an activating group) is 1. The van der Waals surface area contributed by atoms with Crippen LogP contribution in [0.5, 0.6) is 5.88 Å². The molecular weight excluding hydrogens is 474 g/mol. The number of unbranched alkanes of at least 4 members (excludes halogenated alkanes) is 1. The van der Waals surface area contributed by atoms with Gasteiger partial charge in [-0.2, -0.15) is 4.98 Å². The Balaban J connectivity index is 1.86. The lowest BCUT2D eigenvalue weighted by Gasteiger charge is -2.24. The van der Waals surface area contributed by atoms with Crippen LogP contribution < -0.4 is 20.7 Å². The summed E-state index contributed by atoms with van der Waals surface area (Å²) in [6.45, 7) is 8.53. The average molecular weight is 512 g/mol. The summed E-state index contributed by atoms with van der Waals surface area (Å²) < 4.78 is 10.3. The number of carbonyl (C=O) groups excluding carboxylic acids is 2. The molecule has 0 radical (unpaired) electrons. The van der Waals surface area contributed by atoms with Crippen LogP contribution in [0.25, 0.3) is 0 Å². The summed E-state index contributed by atoms with van der Waals surface area (Å²) in [6, 6.07) is 3.58. The third kappa shape index (κ3) is 11.0. The van der Waals surface area contributed by atoms with Crippen molar-refractivity contribution in [1.82, 2.24) is 25.2 Å². The lowest BCUT2D eigenvalue weighted by molar-refractivity contribution is -0.122. The van der Waals surface area contributed by atoms with Gasteiger partial charge in [0.1, 0.15) is 18.0 Å². The van der Waals surface area contributed by atoms with Crippen molar-refractivity contribution in [3.05, 3.63) is 30.1 Å². The smallest absolute Gasteiger partial charge is 0.410 e. The summed E-state index contributed by atoms with van der Waals surface area (Å²) in [7, 11) is 3.09.